The Kier molecular flexibility index (Phi) is 9.37. The van der Waals surface area contributed by atoms with Gasteiger partial charge in [0.2, 0.25) is 0 Å². The number of carbonyl (C=O) groups is 1. The van der Waals surface area contributed by atoms with Crippen LogP contribution in [0.15, 0.2) is 24.4 Å². The quantitative estimate of drug-likeness (QED) is 0.364. The average Bonchev–Trinajstić information content (AvgIpc) is 2.83. The third kappa shape index (κ3) is 6.75. The number of methoxy groups -OCH3 is 2. The van der Waals surface area contributed by atoms with Gasteiger partial charge < -0.3 is 36.5 Å². The normalized spacial score (nSPS) is 17.9. The van der Waals surface area contributed by atoms with Crippen LogP contribution in [-0.2, 0) is 9.47 Å². The van der Waals surface area contributed by atoms with Crippen LogP contribution in [0.3, 0.4) is 0 Å². The number of aromatic nitrogens is 2. The van der Waals surface area contributed by atoms with Crippen molar-refractivity contribution in [3.05, 3.63) is 35.8 Å². The Hall–Kier alpha value is -3.02. The first-order chi connectivity index (χ1) is 16.4. The lowest BCUT2D eigenvalue weighted by Gasteiger charge is -2.30. The molecule has 0 bridgehead atoms. The van der Waals surface area contributed by atoms with Crippen molar-refractivity contribution < 1.29 is 18.7 Å². The Morgan fingerprint density at radius 2 is 1.88 bits per heavy atom. The molecule has 0 radical (unpaired) electrons. The van der Waals surface area contributed by atoms with E-state index in [0.717, 1.165) is 37.6 Å². The molecule has 3 rings (SSSR count). The second kappa shape index (κ2) is 12.4. The third-order valence-electron chi connectivity index (χ3n) is 5.85. The molecule has 1 saturated carbocycles. The summed E-state index contributed by atoms with van der Waals surface area (Å²) >= 11 is 0. The highest BCUT2D eigenvalue weighted by Crippen LogP contribution is 2.27. The maximum atomic E-state index is 14.7. The number of hydrogen-bond donors (Lipinski definition) is 4. The molecule has 2 heterocycles. The van der Waals surface area contributed by atoms with Crippen LogP contribution in [0.1, 0.15) is 36.0 Å². The van der Waals surface area contributed by atoms with Crippen LogP contribution in [0.5, 0.6) is 0 Å². The number of halogens is 1. The van der Waals surface area contributed by atoms with E-state index in [-0.39, 0.29) is 29.3 Å². The first-order valence-corrected chi connectivity index (χ1v) is 11.4. The highest BCUT2D eigenvalue weighted by Gasteiger charge is 2.24. The lowest BCUT2D eigenvalue weighted by atomic mass is 9.91. The molecule has 6 N–H and O–H groups in total. The molecule has 0 aromatic carbocycles. The number of ether oxygens (including phenoxy) is 2. The minimum absolute atomic E-state index is 0.0322. The fourth-order valence-corrected chi connectivity index (χ4v) is 3.92. The van der Waals surface area contributed by atoms with E-state index in [4.69, 9.17) is 20.9 Å². The van der Waals surface area contributed by atoms with Crippen molar-refractivity contribution >= 4 is 29.0 Å². The van der Waals surface area contributed by atoms with E-state index >= 15 is 0 Å². The highest BCUT2D eigenvalue weighted by atomic mass is 19.1. The van der Waals surface area contributed by atoms with Crippen LogP contribution in [0, 0.1) is 5.82 Å². The number of anilines is 4. The minimum atomic E-state index is -0.787. The standard InChI is InChI=1S/C23H34FN7O3/c1-33-11-9-31(10-12-34-2)20-8-7-15(14-27-20)28-22-16(21(26)32)13-17(24)23(30-22)29-19-6-4-3-5-18(19)25/h7-8,13-14,18-19H,3-6,9-12,25H2,1-2H3,(H2,26,32)(H2,28,29,30)/t18-,19+/m0/s1. The largest absolute Gasteiger partial charge is 0.383 e. The summed E-state index contributed by atoms with van der Waals surface area (Å²) in [5.41, 5.74) is 12.2. The summed E-state index contributed by atoms with van der Waals surface area (Å²) in [6.45, 7) is 2.41. The topological polar surface area (TPSA) is 141 Å². The van der Waals surface area contributed by atoms with Gasteiger partial charge in [0, 0.05) is 39.4 Å². The Balaban J connectivity index is 1.80. The van der Waals surface area contributed by atoms with Crippen molar-refractivity contribution in [2.45, 2.75) is 37.8 Å². The molecule has 0 unspecified atom stereocenters. The van der Waals surface area contributed by atoms with Crippen LogP contribution in [0.2, 0.25) is 0 Å². The van der Waals surface area contributed by atoms with Crippen molar-refractivity contribution in [1.29, 1.82) is 0 Å². The predicted molar refractivity (Wildman–Crippen MR) is 130 cm³/mol. The summed E-state index contributed by atoms with van der Waals surface area (Å²) in [5.74, 6) is -0.520. The molecular formula is C23H34FN7O3. The fourth-order valence-electron chi connectivity index (χ4n) is 3.92. The van der Waals surface area contributed by atoms with E-state index in [9.17, 15) is 9.18 Å². The van der Waals surface area contributed by atoms with Crippen molar-refractivity contribution in [2.75, 3.05) is 56.1 Å². The maximum Gasteiger partial charge on any atom is 0.252 e. The predicted octanol–water partition coefficient (Wildman–Crippen LogP) is 2.24. The SMILES string of the molecule is COCCN(CCOC)c1ccc(Nc2nc(N[C@@H]3CCCC[C@@H]3N)c(F)cc2C(N)=O)cn1. The number of rotatable bonds is 12. The molecule has 34 heavy (non-hydrogen) atoms. The molecule has 2 aromatic heterocycles. The molecule has 186 valence electrons. The summed E-state index contributed by atoms with van der Waals surface area (Å²) in [7, 11) is 3.29. The smallest absolute Gasteiger partial charge is 0.252 e. The molecule has 10 nitrogen and oxygen atoms in total. The van der Waals surface area contributed by atoms with Crippen LogP contribution in [0.25, 0.3) is 0 Å². The lowest BCUT2D eigenvalue weighted by Crippen LogP contribution is -2.43. The van der Waals surface area contributed by atoms with E-state index in [1.165, 1.54) is 0 Å². The zero-order chi connectivity index (χ0) is 24.5. The van der Waals surface area contributed by atoms with E-state index in [1.807, 2.05) is 11.0 Å². The molecule has 2 atom stereocenters. The van der Waals surface area contributed by atoms with E-state index in [1.54, 1.807) is 26.5 Å². The van der Waals surface area contributed by atoms with Crippen molar-refractivity contribution in [2.24, 2.45) is 11.5 Å². The number of nitrogens with one attached hydrogen (secondary N) is 2. The lowest BCUT2D eigenvalue weighted by molar-refractivity contribution is 0.100. The van der Waals surface area contributed by atoms with Gasteiger partial charge in [-0.05, 0) is 31.0 Å². The Bertz CT molecular complexity index is 937. The van der Waals surface area contributed by atoms with Crippen LogP contribution < -0.4 is 27.0 Å². The molecular weight excluding hydrogens is 441 g/mol. The number of nitrogens with two attached hydrogens (primary N) is 2. The number of carbonyl (C=O) groups excluding carboxylic acids is 1. The molecule has 11 heteroatoms. The Morgan fingerprint density at radius 1 is 1.18 bits per heavy atom. The van der Waals surface area contributed by atoms with Gasteiger partial charge in [0.15, 0.2) is 11.6 Å². The molecule has 1 amide bonds. The first kappa shape index (κ1) is 25.6. The summed E-state index contributed by atoms with van der Waals surface area (Å²) in [4.78, 5) is 22.8. The zero-order valence-corrected chi connectivity index (χ0v) is 19.7. The monoisotopic (exact) mass is 475 g/mol. The van der Waals surface area contributed by atoms with Crippen molar-refractivity contribution in [3.63, 3.8) is 0 Å². The van der Waals surface area contributed by atoms with Gasteiger partial charge in [-0.2, -0.15) is 0 Å². The van der Waals surface area contributed by atoms with E-state index in [0.29, 0.717) is 32.0 Å². The maximum absolute atomic E-state index is 14.7. The molecule has 0 saturated heterocycles. The minimum Gasteiger partial charge on any atom is -0.383 e. The third-order valence-corrected chi connectivity index (χ3v) is 5.85. The van der Waals surface area contributed by atoms with Crippen molar-refractivity contribution in [3.8, 4) is 0 Å². The van der Waals surface area contributed by atoms with Gasteiger partial charge in [-0.25, -0.2) is 14.4 Å². The number of hydrogen-bond acceptors (Lipinski definition) is 9. The van der Waals surface area contributed by atoms with Crippen LogP contribution in [-0.4, -0.2) is 68.5 Å². The molecule has 1 aliphatic carbocycles. The molecule has 0 aliphatic heterocycles. The molecule has 1 fully saturated rings. The van der Waals surface area contributed by atoms with Crippen LogP contribution in [0.4, 0.5) is 27.5 Å². The van der Waals surface area contributed by atoms with Crippen LogP contribution >= 0.6 is 0 Å². The van der Waals surface area contributed by atoms with Gasteiger partial charge >= 0.3 is 0 Å². The molecule has 2 aromatic rings. The Morgan fingerprint density at radius 3 is 2.47 bits per heavy atom. The van der Waals surface area contributed by atoms with Crippen molar-refractivity contribution in [1.82, 2.24) is 9.97 Å². The Labute approximate surface area is 199 Å². The fraction of sp³-hybridized carbons (Fsp3) is 0.522. The summed E-state index contributed by atoms with van der Waals surface area (Å²) in [6, 6.07) is 4.55. The zero-order valence-electron chi connectivity index (χ0n) is 19.7. The summed E-state index contributed by atoms with van der Waals surface area (Å²) in [5, 5.41) is 6.15. The molecule has 0 spiro atoms. The molecule has 1 aliphatic rings. The van der Waals surface area contributed by atoms with E-state index < -0.39 is 11.7 Å². The van der Waals surface area contributed by atoms with Gasteiger partial charge in [-0.1, -0.05) is 12.8 Å². The van der Waals surface area contributed by atoms with Gasteiger partial charge in [0.05, 0.1) is 30.7 Å². The van der Waals surface area contributed by atoms with E-state index in [2.05, 4.69) is 20.6 Å². The first-order valence-electron chi connectivity index (χ1n) is 11.4. The van der Waals surface area contributed by atoms with Gasteiger partial charge in [-0.15, -0.1) is 0 Å². The number of nitrogens with zero attached hydrogens (tertiary/aromatic N) is 3. The number of pyridine rings is 2. The average molecular weight is 476 g/mol. The summed E-state index contributed by atoms with van der Waals surface area (Å²) in [6.07, 6.45) is 5.38. The second-order valence-electron chi connectivity index (χ2n) is 8.28. The number of primary amides is 1. The van der Waals surface area contributed by atoms with Gasteiger partial charge in [-0.3, -0.25) is 4.79 Å². The second-order valence-corrected chi connectivity index (χ2v) is 8.28. The summed E-state index contributed by atoms with van der Waals surface area (Å²) < 4.78 is 25.1. The van der Waals surface area contributed by atoms with Gasteiger partial charge in [0.1, 0.15) is 11.6 Å². The van der Waals surface area contributed by atoms with Gasteiger partial charge in [0.25, 0.3) is 5.91 Å². The highest BCUT2D eigenvalue weighted by molar-refractivity contribution is 5.98. The number of amides is 1.